The van der Waals surface area contributed by atoms with Crippen molar-refractivity contribution in [3.63, 3.8) is 0 Å². The Bertz CT molecular complexity index is 308. The van der Waals surface area contributed by atoms with Crippen LogP contribution in [0, 0.1) is 0 Å². The molecule has 0 aliphatic heterocycles. The number of nitrogens with one attached hydrogen (secondary N) is 2. The summed E-state index contributed by atoms with van der Waals surface area (Å²) < 4.78 is 0. The van der Waals surface area contributed by atoms with Gasteiger partial charge in [-0.25, -0.2) is 0 Å². The summed E-state index contributed by atoms with van der Waals surface area (Å²) in [5, 5.41) is 10.9. The van der Waals surface area contributed by atoms with Gasteiger partial charge in [0.1, 0.15) is 0 Å². The van der Waals surface area contributed by atoms with Gasteiger partial charge in [-0.3, -0.25) is 5.10 Å². The van der Waals surface area contributed by atoms with Gasteiger partial charge < -0.3 is 10.2 Å². The summed E-state index contributed by atoms with van der Waals surface area (Å²) in [6.45, 7) is 9.61. The van der Waals surface area contributed by atoms with Crippen LogP contribution in [-0.2, 0) is 13.0 Å². The van der Waals surface area contributed by atoms with Crippen molar-refractivity contribution in [1.29, 1.82) is 0 Å². The maximum absolute atomic E-state index is 4.29. The molecule has 0 bridgehead atoms. The van der Waals surface area contributed by atoms with Gasteiger partial charge in [0.15, 0.2) is 0 Å². The van der Waals surface area contributed by atoms with Gasteiger partial charge in [-0.2, -0.15) is 5.10 Å². The average Bonchev–Trinajstić information content (AvgIpc) is 2.74. The zero-order chi connectivity index (χ0) is 12.7. The van der Waals surface area contributed by atoms with Gasteiger partial charge in [-0.1, -0.05) is 20.3 Å². The molecule has 1 heterocycles. The number of hydrogen-bond donors (Lipinski definition) is 2. The van der Waals surface area contributed by atoms with E-state index in [1.165, 1.54) is 11.4 Å². The van der Waals surface area contributed by atoms with Gasteiger partial charge in [-0.15, -0.1) is 0 Å². The second kappa shape index (κ2) is 7.45. The first-order valence-corrected chi connectivity index (χ1v) is 6.60. The van der Waals surface area contributed by atoms with Crippen molar-refractivity contribution in [2.75, 3.05) is 20.1 Å². The average molecular weight is 238 g/mol. The normalized spacial score (nSPS) is 13.2. The standard InChI is InChI=1S/C13H26N4/c1-5-7-12-8-13(16-15-12)9-14-11(3)10-17(4)6-2/h8,11,14H,5-7,9-10H2,1-4H3,(H,15,16). The van der Waals surface area contributed by atoms with Crippen LogP contribution < -0.4 is 5.32 Å². The van der Waals surface area contributed by atoms with E-state index in [9.17, 15) is 0 Å². The molecule has 1 atom stereocenters. The van der Waals surface area contributed by atoms with Crippen LogP contribution in [-0.4, -0.2) is 41.3 Å². The number of hydrogen-bond acceptors (Lipinski definition) is 3. The number of H-pyrrole nitrogens is 1. The van der Waals surface area contributed by atoms with E-state index in [1.54, 1.807) is 0 Å². The number of nitrogens with zero attached hydrogens (tertiary/aromatic N) is 2. The lowest BCUT2D eigenvalue weighted by atomic mass is 10.2. The van der Waals surface area contributed by atoms with Crippen molar-refractivity contribution in [3.05, 3.63) is 17.5 Å². The van der Waals surface area contributed by atoms with Crippen molar-refractivity contribution >= 4 is 0 Å². The van der Waals surface area contributed by atoms with E-state index in [2.05, 4.69) is 54.3 Å². The van der Waals surface area contributed by atoms with Crippen LogP contribution in [0.2, 0.25) is 0 Å². The molecule has 1 aromatic rings. The van der Waals surface area contributed by atoms with E-state index in [0.29, 0.717) is 6.04 Å². The van der Waals surface area contributed by atoms with Crippen molar-refractivity contribution in [3.8, 4) is 0 Å². The minimum atomic E-state index is 0.498. The second-order valence-electron chi connectivity index (χ2n) is 4.77. The molecule has 1 unspecified atom stereocenters. The molecule has 2 N–H and O–H groups in total. The molecule has 4 nitrogen and oxygen atoms in total. The third-order valence-corrected chi connectivity index (χ3v) is 2.96. The maximum atomic E-state index is 4.29. The smallest absolute Gasteiger partial charge is 0.0625 e. The van der Waals surface area contributed by atoms with Crippen LogP contribution in [0.4, 0.5) is 0 Å². The molecule has 0 saturated carbocycles. The first-order valence-electron chi connectivity index (χ1n) is 6.60. The van der Waals surface area contributed by atoms with Crippen molar-refractivity contribution < 1.29 is 0 Å². The van der Waals surface area contributed by atoms with Gasteiger partial charge in [0, 0.05) is 24.8 Å². The third-order valence-electron chi connectivity index (χ3n) is 2.96. The number of rotatable bonds is 8. The molecule has 0 spiro atoms. The highest BCUT2D eigenvalue weighted by atomic mass is 15.1. The zero-order valence-electron chi connectivity index (χ0n) is 11.6. The molecule has 1 aromatic heterocycles. The van der Waals surface area contributed by atoms with Crippen molar-refractivity contribution in [2.45, 2.75) is 46.2 Å². The number of aromatic amines is 1. The lowest BCUT2D eigenvalue weighted by Crippen LogP contribution is -2.37. The fourth-order valence-electron chi connectivity index (χ4n) is 1.83. The maximum Gasteiger partial charge on any atom is 0.0625 e. The summed E-state index contributed by atoms with van der Waals surface area (Å²) in [7, 11) is 2.15. The minimum Gasteiger partial charge on any atom is -0.307 e. The predicted octanol–water partition coefficient (Wildman–Crippen LogP) is 1.79. The van der Waals surface area contributed by atoms with Gasteiger partial charge in [0.2, 0.25) is 0 Å². The van der Waals surface area contributed by atoms with Gasteiger partial charge in [0.25, 0.3) is 0 Å². The number of aryl methyl sites for hydroxylation is 1. The molecule has 1 rings (SSSR count). The first kappa shape index (κ1) is 14.2. The highest BCUT2D eigenvalue weighted by Crippen LogP contribution is 2.02. The van der Waals surface area contributed by atoms with Crippen LogP contribution in [0.3, 0.4) is 0 Å². The Labute approximate surface area is 105 Å². The molecule has 98 valence electrons. The quantitative estimate of drug-likeness (QED) is 0.726. The monoisotopic (exact) mass is 238 g/mol. The van der Waals surface area contributed by atoms with E-state index in [-0.39, 0.29) is 0 Å². The number of likely N-dealkylation sites (N-methyl/N-ethyl adjacent to an activating group) is 1. The summed E-state index contributed by atoms with van der Waals surface area (Å²) in [5.74, 6) is 0. The Balaban J connectivity index is 2.29. The van der Waals surface area contributed by atoms with Gasteiger partial charge in [-0.05, 0) is 33.0 Å². The summed E-state index contributed by atoms with van der Waals surface area (Å²) in [6.07, 6.45) is 2.21. The van der Waals surface area contributed by atoms with Gasteiger partial charge >= 0.3 is 0 Å². The molecule has 0 aliphatic carbocycles. The fraction of sp³-hybridized carbons (Fsp3) is 0.769. The largest absolute Gasteiger partial charge is 0.307 e. The molecule has 4 heteroatoms. The Kier molecular flexibility index (Phi) is 6.22. The molecule has 0 amide bonds. The summed E-state index contributed by atoms with van der Waals surface area (Å²) >= 11 is 0. The highest BCUT2D eigenvalue weighted by molar-refractivity contribution is 5.08. The molecular formula is C13H26N4. The highest BCUT2D eigenvalue weighted by Gasteiger charge is 2.05. The van der Waals surface area contributed by atoms with Crippen molar-refractivity contribution in [1.82, 2.24) is 20.4 Å². The lowest BCUT2D eigenvalue weighted by Gasteiger charge is -2.20. The van der Waals surface area contributed by atoms with E-state index >= 15 is 0 Å². The Morgan fingerprint density at radius 3 is 2.88 bits per heavy atom. The van der Waals surface area contributed by atoms with E-state index in [1.807, 2.05) is 0 Å². The Morgan fingerprint density at radius 1 is 1.47 bits per heavy atom. The van der Waals surface area contributed by atoms with Crippen LogP contribution in [0.1, 0.15) is 38.6 Å². The molecule has 0 aromatic carbocycles. The Hall–Kier alpha value is -0.870. The first-order chi connectivity index (χ1) is 8.15. The van der Waals surface area contributed by atoms with Crippen LogP contribution in [0.25, 0.3) is 0 Å². The molecule has 0 saturated heterocycles. The molecule has 0 aliphatic rings. The van der Waals surface area contributed by atoms with Crippen molar-refractivity contribution in [2.24, 2.45) is 0 Å². The van der Waals surface area contributed by atoms with E-state index < -0.39 is 0 Å². The fourth-order valence-corrected chi connectivity index (χ4v) is 1.83. The topological polar surface area (TPSA) is 44.0 Å². The Morgan fingerprint density at radius 2 is 2.24 bits per heavy atom. The predicted molar refractivity (Wildman–Crippen MR) is 72.1 cm³/mol. The number of aromatic nitrogens is 2. The van der Waals surface area contributed by atoms with Gasteiger partial charge in [0.05, 0.1) is 5.69 Å². The third kappa shape index (κ3) is 5.33. The molecule has 0 radical (unpaired) electrons. The van der Waals surface area contributed by atoms with Crippen LogP contribution in [0.15, 0.2) is 6.07 Å². The molecular weight excluding hydrogens is 212 g/mol. The van der Waals surface area contributed by atoms with Crippen LogP contribution >= 0.6 is 0 Å². The summed E-state index contributed by atoms with van der Waals surface area (Å²) in [4.78, 5) is 2.31. The van der Waals surface area contributed by atoms with E-state index in [4.69, 9.17) is 0 Å². The SMILES string of the molecule is CCCc1cc(CNC(C)CN(C)CC)[nH]n1. The summed E-state index contributed by atoms with van der Waals surface area (Å²) in [6, 6.07) is 2.66. The molecule has 17 heavy (non-hydrogen) atoms. The van der Waals surface area contributed by atoms with E-state index in [0.717, 1.165) is 32.5 Å². The zero-order valence-corrected chi connectivity index (χ0v) is 11.6. The summed E-state index contributed by atoms with van der Waals surface area (Å²) in [5.41, 5.74) is 2.35. The molecule has 0 fully saturated rings. The second-order valence-corrected chi connectivity index (χ2v) is 4.77. The minimum absolute atomic E-state index is 0.498. The van der Waals surface area contributed by atoms with Crippen LogP contribution in [0.5, 0.6) is 0 Å². The lowest BCUT2D eigenvalue weighted by molar-refractivity contribution is 0.309.